The highest BCUT2D eigenvalue weighted by Crippen LogP contribution is 2.65. The molecule has 3 amide bonds. The molecule has 1 saturated heterocycles. The van der Waals surface area contributed by atoms with Crippen LogP contribution in [0.3, 0.4) is 0 Å². The second-order valence-corrected chi connectivity index (χ2v) is 8.80. The first-order valence-corrected chi connectivity index (χ1v) is 10.1. The van der Waals surface area contributed by atoms with E-state index in [4.69, 9.17) is 0 Å². The Balaban J connectivity index is 1.19. The molecule has 3 fully saturated rings. The maximum Gasteiger partial charge on any atom is 0.244 e. The largest absolute Gasteiger partial charge is 0.325 e. The Kier molecular flexibility index (Phi) is 3.07. The monoisotopic (exact) mass is 362 g/mol. The first-order chi connectivity index (χ1) is 13.1. The van der Waals surface area contributed by atoms with Gasteiger partial charge < -0.3 is 5.32 Å². The molecular weight excluding hydrogens is 340 g/mol. The highest BCUT2D eigenvalue weighted by atomic mass is 16.2. The number of rotatable bonds is 3. The molecule has 5 heteroatoms. The third kappa shape index (κ3) is 2.14. The van der Waals surface area contributed by atoms with Gasteiger partial charge in [0, 0.05) is 5.69 Å². The first kappa shape index (κ1) is 15.6. The van der Waals surface area contributed by atoms with Gasteiger partial charge in [0.2, 0.25) is 17.7 Å². The van der Waals surface area contributed by atoms with Gasteiger partial charge in [-0.15, -0.1) is 0 Å². The summed E-state index contributed by atoms with van der Waals surface area (Å²) in [5.74, 6) is 0.526. The number of nitrogens with zero attached hydrogens (tertiary/aromatic N) is 1. The van der Waals surface area contributed by atoms with E-state index >= 15 is 0 Å². The van der Waals surface area contributed by atoms with Gasteiger partial charge in [-0.3, -0.25) is 19.3 Å². The Labute approximate surface area is 157 Å². The molecule has 1 aliphatic heterocycles. The van der Waals surface area contributed by atoms with Crippen molar-refractivity contribution in [1.29, 1.82) is 0 Å². The highest BCUT2D eigenvalue weighted by Gasteiger charge is 2.67. The molecule has 138 valence electrons. The SMILES string of the molecule is O=C(CN1C(=O)[C@@H]2[C@H]3C=C[C@@H]([C@@H]4C[C@H]34)[C@H]2C1=O)Nc1ccc2c(c1)CCC2. The molecule has 7 rings (SSSR count). The Hall–Kier alpha value is -2.43. The van der Waals surface area contributed by atoms with Crippen LogP contribution in [0.15, 0.2) is 30.4 Å². The van der Waals surface area contributed by atoms with Crippen LogP contribution >= 0.6 is 0 Å². The van der Waals surface area contributed by atoms with E-state index in [1.165, 1.54) is 16.0 Å². The Bertz CT molecular complexity index is 884. The van der Waals surface area contributed by atoms with Gasteiger partial charge in [-0.25, -0.2) is 0 Å². The average Bonchev–Trinajstić information content (AvgIpc) is 3.31. The van der Waals surface area contributed by atoms with Crippen molar-refractivity contribution >= 4 is 23.4 Å². The number of hydrogen-bond donors (Lipinski definition) is 1. The summed E-state index contributed by atoms with van der Waals surface area (Å²) < 4.78 is 0. The molecule has 27 heavy (non-hydrogen) atoms. The molecule has 0 aromatic heterocycles. The van der Waals surface area contributed by atoms with Crippen LogP contribution in [0.2, 0.25) is 0 Å². The van der Waals surface area contributed by atoms with E-state index in [1.54, 1.807) is 0 Å². The number of carbonyl (C=O) groups excluding carboxylic acids is 3. The van der Waals surface area contributed by atoms with E-state index in [0.717, 1.165) is 31.4 Å². The maximum atomic E-state index is 12.9. The molecule has 0 radical (unpaired) electrons. The molecule has 1 N–H and O–H groups in total. The van der Waals surface area contributed by atoms with Crippen molar-refractivity contribution in [3.8, 4) is 0 Å². The smallest absolute Gasteiger partial charge is 0.244 e. The zero-order valence-corrected chi connectivity index (χ0v) is 15.1. The summed E-state index contributed by atoms with van der Waals surface area (Å²) in [7, 11) is 0. The lowest BCUT2D eigenvalue weighted by atomic mass is 9.63. The number of hydrogen-bond acceptors (Lipinski definition) is 3. The number of imide groups is 1. The molecule has 6 aliphatic rings. The molecule has 5 aliphatic carbocycles. The third-order valence-corrected chi connectivity index (χ3v) is 7.44. The molecule has 5 nitrogen and oxygen atoms in total. The fourth-order valence-corrected chi connectivity index (χ4v) is 6.17. The summed E-state index contributed by atoms with van der Waals surface area (Å²) in [6, 6.07) is 5.99. The van der Waals surface area contributed by atoms with Gasteiger partial charge in [0.25, 0.3) is 0 Å². The first-order valence-electron chi connectivity index (χ1n) is 10.1. The van der Waals surface area contributed by atoms with Crippen molar-refractivity contribution in [1.82, 2.24) is 4.90 Å². The normalized spacial score (nSPS) is 37.3. The van der Waals surface area contributed by atoms with Gasteiger partial charge in [-0.05, 0) is 72.6 Å². The van der Waals surface area contributed by atoms with E-state index in [0.29, 0.717) is 11.8 Å². The second-order valence-electron chi connectivity index (χ2n) is 8.80. The molecular formula is C22H22N2O3. The van der Waals surface area contributed by atoms with Gasteiger partial charge in [0.15, 0.2) is 0 Å². The van der Waals surface area contributed by atoms with Crippen LogP contribution in [-0.4, -0.2) is 29.2 Å². The molecule has 1 aromatic carbocycles. The van der Waals surface area contributed by atoms with E-state index in [2.05, 4.69) is 23.5 Å². The summed E-state index contributed by atoms with van der Waals surface area (Å²) in [5, 5.41) is 2.88. The summed E-state index contributed by atoms with van der Waals surface area (Å²) in [5.41, 5.74) is 3.39. The molecule has 1 heterocycles. The minimum atomic E-state index is -0.293. The van der Waals surface area contributed by atoms with Crippen LogP contribution in [0.5, 0.6) is 0 Å². The fourth-order valence-electron chi connectivity index (χ4n) is 6.17. The number of anilines is 1. The summed E-state index contributed by atoms with van der Waals surface area (Å²) in [6.07, 6.45) is 8.75. The zero-order chi connectivity index (χ0) is 18.3. The topological polar surface area (TPSA) is 66.5 Å². The summed E-state index contributed by atoms with van der Waals surface area (Å²) >= 11 is 0. The minimum absolute atomic E-state index is 0.140. The van der Waals surface area contributed by atoms with Gasteiger partial charge in [0.1, 0.15) is 6.54 Å². The summed E-state index contributed by atoms with van der Waals surface area (Å²) in [6.45, 7) is -0.170. The molecule has 2 bridgehead atoms. The number of fused-ring (bicyclic) bond motifs is 1. The molecule has 0 unspecified atom stereocenters. The van der Waals surface area contributed by atoms with E-state index in [-0.39, 0.29) is 47.9 Å². The number of amides is 3. The van der Waals surface area contributed by atoms with Gasteiger partial charge in [-0.2, -0.15) is 0 Å². The van der Waals surface area contributed by atoms with E-state index < -0.39 is 0 Å². The van der Waals surface area contributed by atoms with Gasteiger partial charge in [0.05, 0.1) is 11.8 Å². The third-order valence-electron chi connectivity index (χ3n) is 7.44. The predicted octanol–water partition coefficient (Wildman–Crippen LogP) is 2.17. The number of nitrogens with one attached hydrogen (secondary N) is 1. The molecule has 0 spiro atoms. The van der Waals surface area contributed by atoms with Crippen molar-refractivity contribution in [2.45, 2.75) is 25.7 Å². The lowest BCUT2D eigenvalue weighted by Gasteiger charge is -2.37. The van der Waals surface area contributed by atoms with Crippen LogP contribution in [-0.2, 0) is 27.2 Å². The van der Waals surface area contributed by atoms with Crippen molar-refractivity contribution in [3.63, 3.8) is 0 Å². The number of benzene rings is 1. The number of allylic oxidation sites excluding steroid dienone is 2. The lowest BCUT2D eigenvalue weighted by molar-refractivity contribution is -0.142. The molecule has 2 saturated carbocycles. The van der Waals surface area contributed by atoms with Gasteiger partial charge >= 0.3 is 0 Å². The minimum Gasteiger partial charge on any atom is -0.325 e. The average molecular weight is 362 g/mol. The van der Waals surface area contributed by atoms with Crippen LogP contribution in [0.4, 0.5) is 5.69 Å². The Morgan fingerprint density at radius 2 is 1.67 bits per heavy atom. The Morgan fingerprint density at radius 3 is 2.37 bits per heavy atom. The van der Waals surface area contributed by atoms with Crippen molar-refractivity contribution in [3.05, 3.63) is 41.5 Å². The van der Waals surface area contributed by atoms with Gasteiger partial charge in [-0.1, -0.05) is 18.2 Å². The zero-order valence-electron chi connectivity index (χ0n) is 15.1. The number of aryl methyl sites for hydroxylation is 2. The van der Waals surface area contributed by atoms with Crippen LogP contribution in [0, 0.1) is 35.5 Å². The molecule has 6 atom stereocenters. The number of likely N-dealkylation sites (tertiary alicyclic amines) is 1. The van der Waals surface area contributed by atoms with Crippen molar-refractivity contribution in [2.75, 3.05) is 11.9 Å². The van der Waals surface area contributed by atoms with E-state index in [9.17, 15) is 14.4 Å². The van der Waals surface area contributed by atoms with Crippen LogP contribution in [0.1, 0.15) is 24.0 Å². The van der Waals surface area contributed by atoms with Crippen molar-refractivity contribution < 1.29 is 14.4 Å². The fraction of sp³-hybridized carbons (Fsp3) is 0.500. The highest BCUT2D eigenvalue weighted by molar-refractivity contribution is 6.09. The number of carbonyl (C=O) groups is 3. The van der Waals surface area contributed by atoms with Crippen LogP contribution in [0.25, 0.3) is 0 Å². The maximum absolute atomic E-state index is 12.9. The Morgan fingerprint density at radius 1 is 1.00 bits per heavy atom. The summed E-state index contributed by atoms with van der Waals surface area (Å²) in [4.78, 5) is 39.6. The molecule has 1 aromatic rings. The second kappa shape index (κ2) is 5.31. The lowest BCUT2D eigenvalue weighted by Crippen LogP contribution is -2.40. The van der Waals surface area contributed by atoms with Crippen LogP contribution < -0.4 is 5.32 Å². The van der Waals surface area contributed by atoms with E-state index in [1.807, 2.05) is 12.1 Å². The standard InChI is InChI=1S/C22H22N2O3/c25-18(23-13-5-4-11-2-1-3-12(11)8-13)10-24-21(26)19-14-6-7-15(17-9-16(14)17)20(19)22(24)27/h4-8,14-17,19-20H,1-3,9-10H2,(H,23,25)/t14-,15-,16-,17+,19+,20+/m0/s1. The quantitative estimate of drug-likeness (QED) is 0.662. The predicted molar refractivity (Wildman–Crippen MR) is 98.5 cm³/mol. The van der Waals surface area contributed by atoms with Crippen molar-refractivity contribution in [2.24, 2.45) is 35.5 Å².